The zero-order valence-corrected chi connectivity index (χ0v) is 9.43. The summed E-state index contributed by atoms with van der Waals surface area (Å²) in [7, 11) is 0. The number of benzene rings is 1. The lowest BCUT2D eigenvalue weighted by Gasteiger charge is -2.10. The maximum atomic E-state index is 13.4. The number of hydrogen-bond acceptors (Lipinski definition) is 4. The molecule has 1 aromatic carbocycles. The van der Waals surface area contributed by atoms with Crippen molar-refractivity contribution in [3.8, 4) is 0 Å². The van der Waals surface area contributed by atoms with E-state index in [0.29, 0.717) is 0 Å². The summed E-state index contributed by atoms with van der Waals surface area (Å²) in [5.41, 5.74) is 5.59. The Morgan fingerprint density at radius 1 is 1.53 bits per heavy atom. The average molecular weight is 244 g/mol. The van der Waals surface area contributed by atoms with Crippen LogP contribution in [0, 0.1) is 5.82 Å². The second kappa shape index (κ2) is 6.03. The van der Waals surface area contributed by atoms with Gasteiger partial charge in [-0.3, -0.25) is 0 Å². The molecule has 0 saturated carbocycles. The molecule has 0 aliphatic heterocycles. The van der Waals surface area contributed by atoms with E-state index in [2.05, 4.69) is 5.32 Å². The molecule has 0 fully saturated rings. The van der Waals surface area contributed by atoms with Gasteiger partial charge in [0.05, 0.1) is 17.9 Å². The van der Waals surface area contributed by atoms with Gasteiger partial charge in [0, 0.05) is 12.2 Å². The van der Waals surface area contributed by atoms with Crippen LogP contribution in [0.1, 0.15) is 17.3 Å². The molecule has 17 heavy (non-hydrogen) atoms. The number of nitrogens with one attached hydrogen (secondary N) is 1. The molecule has 1 rings (SSSR count). The first-order valence-electron chi connectivity index (χ1n) is 5.16. The van der Waals surface area contributed by atoms with Gasteiger partial charge in [0.1, 0.15) is 12.5 Å². The maximum Gasteiger partial charge on any atom is 0.340 e. The van der Waals surface area contributed by atoms with Crippen LogP contribution in [-0.4, -0.2) is 25.8 Å². The monoisotopic (exact) mass is 244 g/mol. The third-order valence-electron chi connectivity index (χ3n) is 2.04. The fourth-order valence-corrected chi connectivity index (χ4v) is 1.29. The van der Waals surface area contributed by atoms with E-state index in [-0.39, 0.29) is 30.1 Å². The van der Waals surface area contributed by atoms with Crippen molar-refractivity contribution in [2.45, 2.75) is 6.92 Å². The molecule has 1 aromatic rings. The molecule has 0 aliphatic rings. The van der Waals surface area contributed by atoms with Crippen LogP contribution >= 0.6 is 0 Å². The van der Waals surface area contributed by atoms with Crippen molar-refractivity contribution in [1.82, 2.24) is 0 Å². The predicted molar refractivity (Wildman–Crippen MR) is 61.2 cm³/mol. The highest BCUT2D eigenvalue weighted by Crippen LogP contribution is 2.22. The summed E-state index contributed by atoms with van der Waals surface area (Å²) in [4.78, 5) is 11.5. The molecule has 0 amide bonds. The Bertz CT molecular complexity index is 411. The molecular formula is C11H14F2N2O2. The molecule has 4 nitrogen and oxygen atoms in total. The van der Waals surface area contributed by atoms with E-state index < -0.39 is 18.5 Å². The maximum absolute atomic E-state index is 13.4. The third kappa shape index (κ3) is 3.30. The number of esters is 1. The summed E-state index contributed by atoms with van der Waals surface area (Å²) >= 11 is 0. The Morgan fingerprint density at radius 2 is 2.24 bits per heavy atom. The Kier molecular flexibility index (Phi) is 4.68. The number of anilines is 2. The molecular weight excluding hydrogens is 230 g/mol. The van der Waals surface area contributed by atoms with Crippen LogP contribution in [-0.2, 0) is 4.74 Å². The quantitative estimate of drug-likeness (QED) is 0.614. The molecule has 0 spiro atoms. The van der Waals surface area contributed by atoms with Gasteiger partial charge in [-0.2, -0.15) is 0 Å². The lowest BCUT2D eigenvalue weighted by Crippen LogP contribution is -2.11. The van der Waals surface area contributed by atoms with Crippen molar-refractivity contribution < 1.29 is 18.3 Å². The predicted octanol–water partition coefficient (Wildman–Crippen LogP) is 1.97. The minimum atomic E-state index is -0.640. The van der Waals surface area contributed by atoms with Gasteiger partial charge in [0.25, 0.3) is 0 Å². The van der Waals surface area contributed by atoms with Crippen LogP contribution in [0.5, 0.6) is 0 Å². The number of ether oxygens (including phenoxy) is 1. The minimum Gasteiger partial charge on any atom is -0.462 e. The summed E-state index contributed by atoms with van der Waals surface area (Å²) in [5.74, 6) is -1.27. The van der Waals surface area contributed by atoms with Gasteiger partial charge >= 0.3 is 5.97 Å². The molecule has 94 valence electrons. The van der Waals surface area contributed by atoms with E-state index in [1.54, 1.807) is 6.92 Å². The van der Waals surface area contributed by atoms with Crippen molar-refractivity contribution in [2.24, 2.45) is 0 Å². The van der Waals surface area contributed by atoms with Crippen molar-refractivity contribution in [1.29, 1.82) is 0 Å². The van der Waals surface area contributed by atoms with Crippen molar-refractivity contribution >= 4 is 17.3 Å². The van der Waals surface area contributed by atoms with Gasteiger partial charge in [-0.15, -0.1) is 0 Å². The van der Waals surface area contributed by atoms with Crippen molar-refractivity contribution in [2.75, 3.05) is 30.9 Å². The highest BCUT2D eigenvalue weighted by atomic mass is 19.1. The van der Waals surface area contributed by atoms with Crippen LogP contribution < -0.4 is 11.1 Å². The third-order valence-corrected chi connectivity index (χ3v) is 2.04. The fourth-order valence-electron chi connectivity index (χ4n) is 1.29. The number of rotatable bonds is 5. The SMILES string of the molecule is CCOC(=O)c1cc(NCCF)c(F)cc1N. The van der Waals surface area contributed by atoms with E-state index in [4.69, 9.17) is 10.5 Å². The first-order valence-corrected chi connectivity index (χ1v) is 5.16. The fraction of sp³-hybridized carbons (Fsp3) is 0.364. The number of alkyl halides is 1. The molecule has 0 aromatic heterocycles. The van der Waals surface area contributed by atoms with Gasteiger partial charge in [0.2, 0.25) is 0 Å². The van der Waals surface area contributed by atoms with E-state index in [1.807, 2.05) is 0 Å². The Hall–Kier alpha value is -1.85. The molecule has 0 radical (unpaired) electrons. The molecule has 6 heteroatoms. The highest BCUT2D eigenvalue weighted by molar-refractivity contribution is 5.96. The Labute approximate surface area is 97.8 Å². The lowest BCUT2D eigenvalue weighted by molar-refractivity contribution is 0.0527. The van der Waals surface area contributed by atoms with E-state index in [9.17, 15) is 13.6 Å². The standard InChI is InChI=1S/C11H14F2N2O2/c1-2-17-11(16)7-5-10(15-4-3-12)8(13)6-9(7)14/h5-6,15H,2-4,14H2,1H3. The van der Waals surface area contributed by atoms with Crippen LogP contribution in [0.3, 0.4) is 0 Å². The van der Waals surface area contributed by atoms with E-state index >= 15 is 0 Å². The second-order valence-corrected chi connectivity index (χ2v) is 3.26. The number of nitrogen functional groups attached to an aromatic ring is 1. The van der Waals surface area contributed by atoms with Crippen LogP contribution in [0.15, 0.2) is 12.1 Å². The summed E-state index contributed by atoms with van der Waals surface area (Å²) in [5, 5.41) is 2.51. The smallest absolute Gasteiger partial charge is 0.340 e. The molecule has 0 aliphatic carbocycles. The summed E-state index contributed by atoms with van der Waals surface area (Å²) in [6.07, 6.45) is 0. The number of carbonyl (C=O) groups is 1. The van der Waals surface area contributed by atoms with Gasteiger partial charge < -0.3 is 15.8 Å². The lowest BCUT2D eigenvalue weighted by atomic mass is 10.1. The topological polar surface area (TPSA) is 64.3 Å². The summed E-state index contributed by atoms with van der Waals surface area (Å²) < 4.78 is 30.1. The highest BCUT2D eigenvalue weighted by Gasteiger charge is 2.14. The summed E-state index contributed by atoms with van der Waals surface area (Å²) in [6.45, 7) is 1.17. The molecule has 0 heterocycles. The minimum absolute atomic E-state index is 0.00764. The number of halogens is 2. The van der Waals surface area contributed by atoms with Crippen LogP contribution in [0.2, 0.25) is 0 Å². The molecule has 0 atom stereocenters. The van der Waals surface area contributed by atoms with Gasteiger partial charge in [-0.05, 0) is 19.1 Å². The van der Waals surface area contributed by atoms with Crippen LogP contribution in [0.4, 0.5) is 20.2 Å². The average Bonchev–Trinajstić information content (AvgIpc) is 2.28. The van der Waals surface area contributed by atoms with Crippen LogP contribution in [0.25, 0.3) is 0 Å². The van der Waals surface area contributed by atoms with Gasteiger partial charge in [-0.1, -0.05) is 0 Å². The number of carbonyl (C=O) groups excluding carboxylic acids is 1. The second-order valence-electron chi connectivity index (χ2n) is 3.26. The van der Waals surface area contributed by atoms with Gasteiger partial charge in [-0.25, -0.2) is 13.6 Å². The normalized spacial score (nSPS) is 10.1. The van der Waals surface area contributed by atoms with Crippen molar-refractivity contribution in [3.63, 3.8) is 0 Å². The Balaban J connectivity index is 3.01. The first kappa shape index (κ1) is 13.2. The number of hydrogen-bond donors (Lipinski definition) is 2. The molecule has 0 bridgehead atoms. The Morgan fingerprint density at radius 3 is 2.82 bits per heavy atom. The molecule has 0 saturated heterocycles. The zero-order chi connectivity index (χ0) is 12.8. The van der Waals surface area contributed by atoms with Crippen molar-refractivity contribution in [3.05, 3.63) is 23.5 Å². The van der Waals surface area contributed by atoms with Gasteiger partial charge in [0.15, 0.2) is 0 Å². The number of nitrogens with two attached hydrogens (primary N) is 1. The zero-order valence-electron chi connectivity index (χ0n) is 9.43. The molecule has 0 unspecified atom stereocenters. The van der Waals surface area contributed by atoms with E-state index in [0.717, 1.165) is 6.07 Å². The first-order chi connectivity index (χ1) is 8.10. The molecule has 3 N–H and O–H groups in total. The summed E-state index contributed by atoms with van der Waals surface area (Å²) in [6, 6.07) is 2.23. The largest absolute Gasteiger partial charge is 0.462 e. The van der Waals surface area contributed by atoms with E-state index in [1.165, 1.54) is 6.07 Å².